The number of aromatic nitrogens is 3. The zero-order valence-electron chi connectivity index (χ0n) is 14.8. The van der Waals surface area contributed by atoms with Gasteiger partial charge in [-0.15, -0.1) is 0 Å². The lowest BCUT2D eigenvalue weighted by atomic mass is 9.95. The fourth-order valence-electron chi connectivity index (χ4n) is 3.43. The van der Waals surface area contributed by atoms with E-state index in [0.29, 0.717) is 18.5 Å². The van der Waals surface area contributed by atoms with Crippen LogP contribution in [0.3, 0.4) is 0 Å². The van der Waals surface area contributed by atoms with Crippen LogP contribution < -0.4 is 10.1 Å². The minimum absolute atomic E-state index is 0.575. The van der Waals surface area contributed by atoms with E-state index in [0.717, 1.165) is 24.2 Å². The number of ether oxygens (including phenoxy) is 1. The minimum Gasteiger partial charge on any atom is -0.478 e. The molecule has 1 atom stereocenters. The third kappa shape index (κ3) is 4.04. The van der Waals surface area contributed by atoms with E-state index in [4.69, 9.17) is 4.74 Å². The summed E-state index contributed by atoms with van der Waals surface area (Å²) in [5, 5.41) is 10.6. The van der Waals surface area contributed by atoms with E-state index < -0.39 is 0 Å². The summed E-state index contributed by atoms with van der Waals surface area (Å²) in [4.78, 5) is 4.51. The van der Waals surface area contributed by atoms with Gasteiger partial charge in [0, 0.05) is 24.0 Å². The lowest BCUT2D eigenvalue weighted by Crippen LogP contribution is -2.25. The van der Waals surface area contributed by atoms with Gasteiger partial charge in [0.1, 0.15) is 5.69 Å². The van der Waals surface area contributed by atoms with Crippen molar-refractivity contribution in [3.63, 3.8) is 0 Å². The van der Waals surface area contributed by atoms with Crippen LogP contribution in [0.1, 0.15) is 31.2 Å². The van der Waals surface area contributed by atoms with Gasteiger partial charge >= 0.3 is 0 Å². The minimum atomic E-state index is 0.575. The summed E-state index contributed by atoms with van der Waals surface area (Å²) in [5.41, 5.74) is 4.40. The highest BCUT2D eigenvalue weighted by Gasteiger charge is 2.16. The van der Waals surface area contributed by atoms with Crippen molar-refractivity contribution in [1.82, 2.24) is 15.2 Å². The van der Waals surface area contributed by atoms with E-state index in [1.54, 1.807) is 6.20 Å². The van der Waals surface area contributed by atoms with Gasteiger partial charge in [0.15, 0.2) is 0 Å². The zero-order chi connectivity index (χ0) is 17.6. The quantitative estimate of drug-likeness (QED) is 0.619. The summed E-state index contributed by atoms with van der Waals surface area (Å²) in [5.74, 6) is 0.662. The number of aryl methyl sites for hydroxylation is 1. The molecule has 0 bridgehead atoms. The number of pyridine rings is 1. The second kappa shape index (κ2) is 8.04. The molecule has 26 heavy (non-hydrogen) atoms. The Kier molecular flexibility index (Phi) is 5.14. The molecule has 1 aliphatic heterocycles. The van der Waals surface area contributed by atoms with Crippen LogP contribution in [0, 0.1) is 0 Å². The predicted octanol–water partition coefficient (Wildman–Crippen LogP) is 4.45. The van der Waals surface area contributed by atoms with Crippen molar-refractivity contribution in [3.05, 3.63) is 60.3 Å². The van der Waals surface area contributed by atoms with Crippen molar-refractivity contribution in [1.29, 1.82) is 0 Å². The Balaban J connectivity index is 1.20. The second-order valence-electron chi connectivity index (χ2n) is 6.70. The Morgan fingerprint density at radius 1 is 1.00 bits per heavy atom. The van der Waals surface area contributed by atoms with Crippen LogP contribution in [0.15, 0.2) is 54.7 Å². The van der Waals surface area contributed by atoms with Gasteiger partial charge in [-0.2, -0.15) is 5.10 Å². The number of fused-ring (bicyclic) bond motifs is 1. The lowest BCUT2D eigenvalue weighted by Gasteiger charge is -2.27. The van der Waals surface area contributed by atoms with Crippen molar-refractivity contribution in [2.75, 3.05) is 11.9 Å². The number of H-pyrrole nitrogens is 1. The largest absolute Gasteiger partial charge is 0.478 e. The summed E-state index contributed by atoms with van der Waals surface area (Å²) in [6.45, 7) is 0.695. The summed E-state index contributed by atoms with van der Waals surface area (Å²) in [6.07, 6.45) is 7.55. The normalized spacial score (nSPS) is 15.9. The summed E-state index contributed by atoms with van der Waals surface area (Å²) in [6, 6.07) is 16.9. The number of benzene rings is 1. The van der Waals surface area contributed by atoms with Gasteiger partial charge in [-0.1, -0.05) is 24.3 Å². The maximum Gasteiger partial charge on any atom is 0.213 e. The first-order chi connectivity index (χ1) is 12.9. The number of aromatic amines is 1. The number of para-hydroxylation sites is 1. The number of rotatable bonds is 7. The molecule has 5 nitrogen and oxygen atoms in total. The predicted molar refractivity (Wildman–Crippen MR) is 103 cm³/mol. The van der Waals surface area contributed by atoms with Crippen molar-refractivity contribution < 1.29 is 4.74 Å². The average molecular weight is 348 g/mol. The van der Waals surface area contributed by atoms with Gasteiger partial charge in [0.25, 0.3) is 0 Å². The van der Waals surface area contributed by atoms with E-state index in [1.165, 1.54) is 30.5 Å². The van der Waals surface area contributed by atoms with E-state index in [2.05, 4.69) is 44.8 Å². The molecule has 0 saturated carbocycles. The molecule has 0 radical (unpaired) electrons. The standard InChI is InChI=1S/C21H24N4O/c1-2-8-18-16(6-1)11-12-17(23-18)7-3-4-15-26-21-10-5-9-19(24-21)20-13-14-22-25-20/h1-2,5-6,8-10,13-14,17,23H,3-4,7,11-12,15H2,(H,22,25). The molecule has 2 N–H and O–H groups in total. The van der Waals surface area contributed by atoms with Gasteiger partial charge in [-0.05, 0) is 55.9 Å². The first kappa shape index (κ1) is 16.6. The van der Waals surface area contributed by atoms with E-state index in [1.807, 2.05) is 24.3 Å². The molecular weight excluding hydrogens is 324 g/mol. The second-order valence-corrected chi connectivity index (χ2v) is 6.70. The molecule has 0 aliphatic carbocycles. The average Bonchev–Trinajstić information content (AvgIpc) is 3.23. The number of nitrogens with zero attached hydrogens (tertiary/aromatic N) is 2. The molecule has 0 fully saturated rings. The molecule has 134 valence electrons. The van der Waals surface area contributed by atoms with Crippen molar-refractivity contribution in [2.24, 2.45) is 0 Å². The summed E-state index contributed by atoms with van der Waals surface area (Å²) < 4.78 is 5.82. The number of unbranched alkanes of at least 4 members (excludes halogenated alkanes) is 1. The van der Waals surface area contributed by atoms with E-state index >= 15 is 0 Å². The monoisotopic (exact) mass is 348 g/mol. The summed E-state index contributed by atoms with van der Waals surface area (Å²) in [7, 11) is 0. The highest BCUT2D eigenvalue weighted by Crippen LogP contribution is 2.26. The first-order valence-electron chi connectivity index (χ1n) is 9.33. The molecule has 3 aromatic rings. The van der Waals surface area contributed by atoms with Crippen molar-refractivity contribution in [2.45, 2.75) is 38.1 Å². The molecule has 4 rings (SSSR count). The van der Waals surface area contributed by atoms with Crippen LogP contribution in [-0.2, 0) is 6.42 Å². The molecule has 5 heteroatoms. The van der Waals surface area contributed by atoms with Gasteiger partial charge < -0.3 is 10.1 Å². The van der Waals surface area contributed by atoms with Crippen LogP contribution in [0.4, 0.5) is 5.69 Å². The number of hydrogen-bond acceptors (Lipinski definition) is 4. The smallest absolute Gasteiger partial charge is 0.213 e. The molecule has 1 unspecified atom stereocenters. The highest BCUT2D eigenvalue weighted by atomic mass is 16.5. The number of hydrogen-bond donors (Lipinski definition) is 2. The van der Waals surface area contributed by atoms with Gasteiger partial charge in [0.05, 0.1) is 12.3 Å². The third-order valence-corrected chi connectivity index (χ3v) is 4.82. The van der Waals surface area contributed by atoms with E-state index in [-0.39, 0.29) is 0 Å². The molecule has 1 aliphatic rings. The molecule has 0 amide bonds. The van der Waals surface area contributed by atoms with Crippen LogP contribution in [0.5, 0.6) is 5.88 Å². The molecule has 0 saturated heterocycles. The Bertz CT molecular complexity index is 832. The van der Waals surface area contributed by atoms with E-state index in [9.17, 15) is 0 Å². The van der Waals surface area contributed by atoms with Crippen molar-refractivity contribution >= 4 is 5.69 Å². The van der Waals surface area contributed by atoms with Gasteiger partial charge in [-0.3, -0.25) is 5.10 Å². The number of anilines is 1. The topological polar surface area (TPSA) is 62.8 Å². The van der Waals surface area contributed by atoms with Crippen LogP contribution in [-0.4, -0.2) is 27.8 Å². The fraction of sp³-hybridized carbons (Fsp3) is 0.333. The SMILES string of the molecule is c1cc(OCCCCC2CCc3ccccc3N2)nc(-c2cc[nH]n2)c1. The fourth-order valence-corrected chi connectivity index (χ4v) is 3.43. The molecule has 3 heterocycles. The van der Waals surface area contributed by atoms with Crippen molar-refractivity contribution in [3.8, 4) is 17.3 Å². The Labute approximate surface area is 153 Å². The van der Waals surface area contributed by atoms with Crippen LogP contribution in [0.25, 0.3) is 11.4 Å². The Morgan fingerprint density at radius 3 is 2.88 bits per heavy atom. The maximum absolute atomic E-state index is 5.82. The highest BCUT2D eigenvalue weighted by molar-refractivity contribution is 5.54. The molecule has 1 aromatic carbocycles. The summed E-state index contributed by atoms with van der Waals surface area (Å²) >= 11 is 0. The molecule has 0 spiro atoms. The first-order valence-corrected chi connectivity index (χ1v) is 9.33. The van der Waals surface area contributed by atoms with Crippen LogP contribution >= 0.6 is 0 Å². The molecule has 2 aromatic heterocycles. The maximum atomic E-state index is 5.82. The van der Waals surface area contributed by atoms with Gasteiger partial charge in [0.2, 0.25) is 5.88 Å². The number of nitrogens with one attached hydrogen (secondary N) is 2. The van der Waals surface area contributed by atoms with Crippen LogP contribution in [0.2, 0.25) is 0 Å². The zero-order valence-corrected chi connectivity index (χ0v) is 14.8. The lowest BCUT2D eigenvalue weighted by molar-refractivity contribution is 0.292. The van der Waals surface area contributed by atoms with Gasteiger partial charge in [-0.25, -0.2) is 4.98 Å². The Hall–Kier alpha value is -2.82. The third-order valence-electron chi connectivity index (χ3n) is 4.82. The Morgan fingerprint density at radius 2 is 1.96 bits per heavy atom. The molecular formula is C21H24N4O.